The van der Waals surface area contributed by atoms with E-state index in [1.807, 2.05) is 0 Å². The molecule has 0 heterocycles. The molecule has 0 radical (unpaired) electrons. The molecular formula is C18H17BrF3NO2. The molecule has 0 aliphatic heterocycles. The predicted molar refractivity (Wildman–Crippen MR) is 93.1 cm³/mol. The minimum Gasteiger partial charge on any atom is -0.444 e. The Kier molecular flexibility index (Phi) is 5.77. The van der Waals surface area contributed by atoms with E-state index >= 15 is 0 Å². The van der Waals surface area contributed by atoms with Crippen molar-refractivity contribution in [1.29, 1.82) is 0 Å². The molecule has 25 heavy (non-hydrogen) atoms. The lowest BCUT2D eigenvalue weighted by atomic mass is 10.0. The second-order valence-corrected chi connectivity index (χ2v) is 7.26. The lowest BCUT2D eigenvalue weighted by Crippen LogP contribution is -2.28. The van der Waals surface area contributed by atoms with E-state index in [0.29, 0.717) is 0 Å². The first-order valence-electron chi connectivity index (χ1n) is 7.48. The lowest BCUT2D eigenvalue weighted by molar-refractivity contribution is 0.0634. The Hall–Kier alpha value is -2.02. The largest absolute Gasteiger partial charge is 0.444 e. The van der Waals surface area contributed by atoms with E-state index in [1.165, 1.54) is 18.2 Å². The van der Waals surface area contributed by atoms with Gasteiger partial charge >= 0.3 is 6.09 Å². The van der Waals surface area contributed by atoms with Crippen molar-refractivity contribution in [3.63, 3.8) is 0 Å². The maximum atomic E-state index is 14.7. The van der Waals surface area contributed by atoms with Crippen LogP contribution in [0.1, 0.15) is 31.9 Å². The van der Waals surface area contributed by atoms with Crippen LogP contribution in [0.5, 0.6) is 0 Å². The molecule has 2 aromatic rings. The smallest absolute Gasteiger partial charge is 0.412 e. The van der Waals surface area contributed by atoms with Crippen molar-refractivity contribution in [2.45, 2.75) is 32.8 Å². The molecule has 0 saturated heterocycles. The van der Waals surface area contributed by atoms with Gasteiger partial charge in [-0.05, 0) is 38.5 Å². The highest BCUT2D eigenvalue weighted by Crippen LogP contribution is 2.31. The molecule has 134 valence electrons. The standard InChI is InChI=1S/C18H17BrF3NO2/c1-18(2,3)25-17(24)23-16-14(21)9-12(19)11(15(16)22)8-10-6-4-5-7-13(10)20/h4-7,9H,8H2,1-3H3,(H,23,24). The molecule has 0 aliphatic rings. The highest BCUT2D eigenvalue weighted by molar-refractivity contribution is 9.10. The highest BCUT2D eigenvalue weighted by atomic mass is 79.9. The van der Waals surface area contributed by atoms with Crippen LogP contribution in [0.25, 0.3) is 0 Å². The van der Waals surface area contributed by atoms with Gasteiger partial charge in [-0.1, -0.05) is 34.1 Å². The van der Waals surface area contributed by atoms with Gasteiger partial charge in [-0.2, -0.15) is 0 Å². The van der Waals surface area contributed by atoms with Gasteiger partial charge in [0.2, 0.25) is 0 Å². The number of hydrogen-bond acceptors (Lipinski definition) is 2. The van der Waals surface area contributed by atoms with Crippen molar-refractivity contribution < 1.29 is 22.7 Å². The van der Waals surface area contributed by atoms with Crippen LogP contribution in [0.4, 0.5) is 23.7 Å². The second kappa shape index (κ2) is 7.47. The molecule has 3 nitrogen and oxygen atoms in total. The van der Waals surface area contributed by atoms with Gasteiger partial charge in [0.25, 0.3) is 0 Å². The third-order valence-corrected chi connectivity index (χ3v) is 3.92. The number of hydrogen-bond donors (Lipinski definition) is 1. The fourth-order valence-corrected chi connectivity index (χ4v) is 2.66. The summed E-state index contributed by atoms with van der Waals surface area (Å²) in [6.07, 6.45) is -1.09. The first kappa shape index (κ1) is 19.3. The van der Waals surface area contributed by atoms with Gasteiger partial charge in [0.1, 0.15) is 17.1 Å². The van der Waals surface area contributed by atoms with Crippen LogP contribution in [0.2, 0.25) is 0 Å². The van der Waals surface area contributed by atoms with Crippen LogP contribution >= 0.6 is 15.9 Å². The third-order valence-electron chi connectivity index (χ3n) is 3.22. The van der Waals surface area contributed by atoms with E-state index in [0.717, 1.165) is 6.07 Å². The highest BCUT2D eigenvalue weighted by Gasteiger charge is 2.23. The van der Waals surface area contributed by atoms with Gasteiger partial charge in [0.15, 0.2) is 11.6 Å². The number of nitrogens with one attached hydrogen (secondary N) is 1. The summed E-state index contributed by atoms with van der Waals surface area (Å²) >= 11 is 3.08. The van der Waals surface area contributed by atoms with Crippen molar-refractivity contribution in [2.75, 3.05) is 5.32 Å². The molecule has 0 atom stereocenters. The van der Waals surface area contributed by atoms with E-state index in [9.17, 15) is 18.0 Å². The Morgan fingerprint density at radius 2 is 1.80 bits per heavy atom. The quantitative estimate of drug-likeness (QED) is 0.687. The zero-order valence-corrected chi connectivity index (χ0v) is 15.5. The number of carbonyl (C=O) groups excluding carboxylic acids is 1. The van der Waals surface area contributed by atoms with Gasteiger partial charge in [-0.25, -0.2) is 18.0 Å². The van der Waals surface area contributed by atoms with Gasteiger partial charge in [-0.15, -0.1) is 0 Å². The van der Waals surface area contributed by atoms with Crippen LogP contribution < -0.4 is 5.32 Å². The van der Waals surface area contributed by atoms with E-state index in [1.54, 1.807) is 26.8 Å². The summed E-state index contributed by atoms with van der Waals surface area (Å²) in [6.45, 7) is 4.89. The molecule has 0 bridgehead atoms. The van der Waals surface area contributed by atoms with Crippen molar-refractivity contribution in [3.05, 3.63) is 63.4 Å². The Labute approximate surface area is 152 Å². The van der Waals surface area contributed by atoms with Gasteiger partial charge < -0.3 is 4.74 Å². The number of carbonyl (C=O) groups is 1. The number of amides is 1. The molecule has 0 unspecified atom stereocenters. The van der Waals surface area contributed by atoms with Crippen LogP contribution in [0.3, 0.4) is 0 Å². The van der Waals surface area contributed by atoms with Crippen LogP contribution in [-0.2, 0) is 11.2 Å². The monoisotopic (exact) mass is 415 g/mol. The van der Waals surface area contributed by atoms with Gasteiger partial charge in [0.05, 0.1) is 0 Å². The Morgan fingerprint density at radius 3 is 2.40 bits per heavy atom. The fraction of sp³-hybridized carbons (Fsp3) is 0.278. The Morgan fingerprint density at radius 1 is 1.16 bits per heavy atom. The van der Waals surface area contributed by atoms with Crippen molar-refractivity contribution in [1.82, 2.24) is 0 Å². The maximum Gasteiger partial charge on any atom is 0.412 e. The summed E-state index contributed by atoms with van der Waals surface area (Å²) in [5, 5.41) is 2.08. The van der Waals surface area contributed by atoms with Crippen molar-refractivity contribution in [3.8, 4) is 0 Å². The average Bonchev–Trinajstić information content (AvgIpc) is 2.48. The second-order valence-electron chi connectivity index (χ2n) is 6.40. The molecule has 1 N–H and O–H groups in total. The molecule has 0 aromatic heterocycles. The van der Waals surface area contributed by atoms with E-state index < -0.39 is 34.8 Å². The number of halogens is 4. The zero-order valence-electron chi connectivity index (χ0n) is 13.9. The molecule has 2 rings (SSSR count). The minimum absolute atomic E-state index is 0.0255. The number of ether oxygens (including phenoxy) is 1. The minimum atomic E-state index is -0.985. The number of anilines is 1. The molecule has 0 spiro atoms. The van der Waals surface area contributed by atoms with Crippen LogP contribution in [0.15, 0.2) is 34.8 Å². The fourth-order valence-electron chi connectivity index (χ4n) is 2.15. The SMILES string of the molecule is CC(C)(C)OC(=O)Nc1c(F)cc(Br)c(Cc2ccccc2F)c1F. The lowest BCUT2D eigenvalue weighted by Gasteiger charge is -2.20. The number of rotatable bonds is 3. The van der Waals surface area contributed by atoms with E-state index in [2.05, 4.69) is 21.2 Å². The van der Waals surface area contributed by atoms with Crippen molar-refractivity contribution in [2.24, 2.45) is 0 Å². The first-order valence-corrected chi connectivity index (χ1v) is 8.27. The molecule has 2 aromatic carbocycles. The van der Waals surface area contributed by atoms with Crippen LogP contribution in [0, 0.1) is 17.5 Å². The summed E-state index contributed by atoms with van der Waals surface area (Å²) < 4.78 is 47.8. The molecule has 0 saturated carbocycles. The maximum absolute atomic E-state index is 14.7. The molecule has 1 amide bonds. The average molecular weight is 416 g/mol. The van der Waals surface area contributed by atoms with E-state index in [4.69, 9.17) is 4.74 Å². The van der Waals surface area contributed by atoms with Gasteiger partial charge in [-0.3, -0.25) is 5.32 Å². The molecule has 0 aliphatic carbocycles. The molecular weight excluding hydrogens is 399 g/mol. The molecule has 0 fully saturated rings. The third kappa shape index (κ3) is 4.98. The number of benzene rings is 2. The zero-order chi connectivity index (χ0) is 18.8. The topological polar surface area (TPSA) is 38.3 Å². The Balaban J connectivity index is 2.36. The van der Waals surface area contributed by atoms with Crippen LogP contribution in [-0.4, -0.2) is 11.7 Å². The van der Waals surface area contributed by atoms with Crippen molar-refractivity contribution >= 4 is 27.7 Å². The Bertz CT molecular complexity index is 804. The summed E-state index contributed by atoms with van der Waals surface area (Å²) in [5.41, 5.74) is -1.18. The summed E-state index contributed by atoms with van der Waals surface area (Å²) in [7, 11) is 0. The summed E-state index contributed by atoms with van der Waals surface area (Å²) in [5.74, 6) is -2.45. The normalized spacial score (nSPS) is 11.3. The summed E-state index contributed by atoms with van der Waals surface area (Å²) in [6, 6.07) is 6.92. The first-order chi connectivity index (χ1) is 11.6. The predicted octanol–water partition coefficient (Wildman–Crippen LogP) is 5.80. The summed E-state index contributed by atoms with van der Waals surface area (Å²) in [4.78, 5) is 11.8. The van der Waals surface area contributed by atoms with E-state index in [-0.39, 0.29) is 22.0 Å². The van der Waals surface area contributed by atoms with Gasteiger partial charge in [0, 0.05) is 16.5 Å². The molecule has 7 heteroatoms.